The molecule has 2 N–H and O–H groups in total. The van der Waals surface area contributed by atoms with Gasteiger partial charge in [-0.2, -0.15) is 0 Å². The molecule has 0 saturated heterocycles. The first-order valence-corrected chi connectivity index (χ1v) is 7.19. The van der Waals surface area contributed by atoms with E-state index in [9.17, 15) is 0 Å². The molecule has 3 unspecified atom stereocenters. The van der Waals surface area contributed by atoms with Crippen molar-refractivity contribution in [2.24, 2.45) is 23.0 Å². The molecule has 1 fully saturated rings. The normalized spacial score (nSPS) is 30.2. The van der Waals surface area contributed by atoms with Crippen molar-refractivity contribution in [3.63, 3.8) is 0 Å². The molecule has 1 saturated carbocycles. The third-order valence-corrected chi connectivity index (χ3v) is 4.53. The summed E-state index contributed by atoms with van der Waals surface area (Å²) in [6.07, 6.45) is 3.82. The van der Waals surface area contributed by atoms with Crippen molar-refractivity contribution < 1.29 is 0 Å². The lowest BCUT2D eigenvalue weighted by atomic mass is 9.91. The Kier molecular flexibility index (Phi) is 5.03. The van der Waals surface area contributed by atoms with Crippen LogP contribution in [0.25, 0.3) is 0 Å². The zero-order chi connectivity index (χ0) is 13.2. The molecule has 1 aliphatic carbocycles. The first-order chi connectivity index (χ1) is 7.73. The fourth-order valence-corrected chi connectivity index (χ4v) is 3.30. The predicted octanol–water partition coefficient (Wildman–Crippen LogP) is 3.12. The van der Waals surface area contributed by atoms with Crippen LogP contribution in [-0.4, -0.2) is 30.6 Å². The van der Waals surface area contributed by atoms with Gasteiger partial charge >= 0.3 is 0 Å². The first-order valence-electron chi connectivity index (χ1n) is 7.19. The molecule has 1 aliphatic rings. The van der Waals surface area contributed by atoms with E-state index in [0.717, 1.165) is 24.9 Å². The minimum absolute atomic E-state index is 0.349. The van der Waals surface area contributed by atoms with Gasteiger partial charge in [0.2, 0.25) is 0 Å². The SMILES string of the molecule is CC(C)C(N)CCN(C)C1CC(C)(C)CC1C. The molecule has 17 heavy (non-hydrogen) atoms. The van der Waals surface area contributed by atoms with Crippen LogP contribution in [-0.2, 0) is 0 Å². The standard InChI is InChI=1S/C15H32N2/c1-11(2)13(16)7-8-17(6)14-10-15(4,5)9-12(14)3/h11-14H,7-10,16H2,1-6H3. The molecule has 1 rings (SSSR count). The Bertz CT molecular complexity index is 235. The van der Waals surface area contributed by atoms with Gasteiger partial charge in [-0.15, -0.1) is 0 Å². The summed E-state index contributed by atoms with van der Waals surface area (Å²) in [4.78, 5) is 2.54. The molecule has 2 heteroatoms. The molecular formula is C15H32N2. The summed E-state index contributed by atoms with van der Waals surface area (Å²) in [6.45, 7) is 12.8. The number of nitrogens with zero attached hydrogens (tertiary/aromatic N) is 1. The van der Waals surface area contributed by atoms with Crippen LogP contribution in [0.2, 0.25) is 0 Å². The van der Waals surface area contributed by atoms with Crippen molar-refractivity contribution in [2.75, 3.05) is 13.6 Å². The van der Waals surface area contributed by atoms with Gasteiger partial charge in [0.25, 0.3) is 0 Å². The van der Waals surface area contributed by atoms with Crippen LogP contribution in [0.5, 0.6) is 0 Å². The third-order valence-electron chi connectivity index (χ3n) is 4.53. The maximum atomic E-state index is 6.12. The second-order valence-corrected chi connectivity index (χ2v) is 7.29. The first kappa shape index (κ1) is 15.0. The molecule has 102 valence electrons. The molecule has 0 aliphatic heterocycles. The third kappa shape index (κ3) is 4.26. The second-order valence-electron chi connectivity index (χ2n) is 7.29. The summed E-state index contributed by atoms with van der Waals surface area (Å²) in [7, 11) is 2.27. The van der Waals surface area contributed by atoms with Crippen molar-refractivity contribution in [1.82, 2.24) is 4.90 Å². The summed E-state index contributed by atoms with van der Waals surface area (Å²) < 4.78 is 0. The Morgan fingerprint density at radius 3 is 2.29 bits per heavy atom. The van der Waals surface area contributed by atoms with Gasteiger partial charge < -0.3 is 10.6 Å². The van der Waals surface area contributed by atoms with Crippen molar-refractivity contribution in [3.05, 3.63) is 0 Å². The topological polar surface area (TPSA) is 29.3 Å². The average Bonchev–Trinajstić information content (AvgIpc) is 2.48. The van der Waals surface area contributed by atoms with Gasteiger partial charge in [0.1, 0.15) is 0 Å². The Labute approximate surface area is 108 Å². The van der Waals surface area contributed by atoms with Crippen LogP contribution in [0.15, 0.2) is 0 Å². The summed E-state index contributed by atoms with van der Waals surface area (Å²) in [6, 6.07) is 1.10. The van der Waals surface area contributed by atoms with Crippen LogP contribution >= 0.6 is 0 Å². The molecule has 0 aromatic rings. The number of nitrogens with two attached hydrogens (primary N) is 1. The summed E-state index contributed by atoms with van der Waals surface area (Å²) in [5.41, 5.74) is 6.65. The lowest BCUT2D eigenvalue weighted by Gasteiger charge is -2.30. The van der Waals surface area contributed by atoms with Crippen molar-refractivity contribution in [3.8, 4) is 0 Å². The van der Waals surface area contributed by atoms with E-state index in [4.69, 9.17) is 5.73 Å². The second kappa shape index (κ2) is 5.71. The van der Waals surface area contributed by atoms with E-state index in [2.05, 4.69) is 46.6 Å². The van der Waals surface area contributed by atoms with Gasteiger partial charge in [0.15, 0.2) is 0 Å². The largest absolute Gasteiger partial charge is 0.327 e. The van der Waals surface area contributed by atoms with Crippen LogP contribution in [0.4, 0.5) is 0 Å². The summed E-state index contributed by atoms with van der Waals surface area (Å²) >= 11 is 0. The quantitative estimate of drug-likeness (QED) is 0.800. The van der Waals surface area contributed by atoms with E-state index >= 15 is 0 Å². The Morgan fingerprint density at radius 1 is 1.29 bits per heavy atom. The lowest BCUT2D eigenvalue weighted by Crippen LogP contribution is -2.38. The minimum Gasteiger partial charge on any atom is -0.327 e. The molecule has 2 nitrogen and oxygen atoms in total. The van der Waals surface area contributed by atoms with Gasteiger partial charge in [0, 0.05) is 12.1 Å². The summed E-state index contributed by atoms with van der Waals surface area (Å²) in [5.74, 6) is 1.42. The monoisotopic (exact) mass is 240 g/mol. The number of hydrogen-bond acceptors (Lipinski definition) is 2. The maximum Gasteiger partial charge on any atom is 0.0123 e. The zero-order valence-corrected chi connectivity index (χ0v) is 12.7. The minimum atomic E-state index is 0.349. The van der Waals surface area contributed by atoms with Crippen LogP contribution in [0.3, 0.4) is 0 Å². The molecule has 0 heterocycles. The van der Waals surface area contributed by atoms with E-state index in [-0.39, 0.29) is 0 Å². The Morgan fingerprint density at radius 2 is 1.88 bits per heavy atom. The van der Waals surface area contributed by atoms with Gasteiger partial charge in [-0.3, -0.25) is 0 Å². The van der Waals surface area contributed by atoms with Gasteiger partial charge in [-0.1, -0.05) is 34.6 Å². The van der Waals surface area contributed by atoms with Crippen molar-refractivity contribution in [1.29, 1.82) is 0 Å². The summed E-state index contributed by atoms with van der Waals surface area (Å²) in [5, 5.41) is 0. The molecular weight excluding hydrogens is 208 g/mol. The zero-order valence-electron chi connectivity index (χ0n) is 12.7. The van der Waals surface area contributed by atoms with Crippen LogP contribution < -0.4 is 5.73 Å². The molecule has 0 aromatic carbocycles. The number of hydrogen-bond donors (Lipinski definition) is 1. The van der Waals surface area contributed by atoms with Gasteiger partial charge in [0.05, 0.1) is 0 Å². The van der Waals surface area contributed by atoms with Crippen LogP contribution in [0, 0.1) is 17.3 Å². The van der Waals surface area contributed by atoms with E-state index in [0.29, 0.717) is 17.4 Å². The predicted molar refractivity (Wildman–Crippen MR) is 76.0 cm³/mol. The van der Waals surface area contributed by atoms with Crippen molar-refractivity contribution in [2.45, 2.75) is 66.0 Å². The molecule has 0 bridgehead atoms. The fourth-order valence-electron chi connectivity index (χ4n) is 3.30. The molecule has 0 radical (unpaired) electrons. The average molecular weight is 240 g/mol. The molecule has 0 spiro atoms. The van der Waals surface area contributed by atoms with E-state index in [1.165, 1.54) is 12.8 Å². The lowest BCUT2D eigenvalue weighted by molar-refractivity contribution is 0.190. The van der Waals surface area contributed by atoms with Crippen LogP contribution in [0.1, 0.15) is 53.9 Å². The van der Waals surface area contributed by atoms with Gasteiger partial charge in [-0.05, 0) is 50.1 Å². The molecule has 3 atom stereocenters. The van der Waals surface area contributed by atoms with E-state index in [1.54, 1.807) is 0 Å². The highest BCUT2D eigenvalue weighted by Crippen LogP contribution is 2.42. The fraction of sp³-hybridized carbons (Fsp3) is 1.00. The Balaban J connectivity index is 2.41. The maximum absolute atomic E-state index is 6.12. The van der Waals surface area contributed by atoms with E-state index < -0.39 is 0 Å². The highest BCUT2D eigenvalue weighted by molar-refractivity contribution is 4.91. The highest BCUT2D eigenvalue weighted by Gasteiger charge is 2.38. The smallest absolute Gasteiger partial charge is 0.0123 e. The van der Waals surface area contributed by atoms with E-state index in [1.807, 2.05) is 0 Å². The van der Waals surface area contributed by atoms with Crippen molar-refractivity contribution >= 4 is 0 Å². The molecule has 0 aromatic heterocycles. The Hall–Kier alpha value is -0.0800. The number of rotatable bonds is 5. The molecule has 0 amide bonds. The highest BCUT2D eigenvalue weighted by atomic mass is 15.1. The van der Waals surface area contributed by atoms with Gasteiger partial charge in [-0.25, -0.2) is 0 Å².